The highest BCUT2D eigenvalue weighted by Gasteiger charge is 2.12. The maximum atomic E-state index is 10.9. The lowest BCUT2D eigenvalue weighted by atomic mass is 10.3. The van der Waals surface area contributed by atoms with Gasteiger partial charge in [-0.1, -0.05) is 0 Å². The average molecular weight is 247 g/mol. The molecule has 0 aliphatic rings. The minimum absolute atomic E-state index is 0.0162. The number of pyridine rings is 1. The molecule has 0 bridgehead atoms. The van der Waals surface area contributed by atoms with Crippen molar-refractivity contribution in [2.24, 2.45) is 0 Å². The summed E-state index contributed by atoms with van der Waals surface area (Å²) in [5, 5.41) is 11.9. The van der Waals surface area contributed by atoms with Crippen LogP contribution in [0.4, 0.5) is 5.69 Å². The lowest BCUT2D eigenvalue weighted by Crippen LogP contribution is -2.08. The molecule has 6 nitrogen and oxygen atoms in total. The minimum Gasteiger partial charge on any atom is -0.476 e. The number of oxazole rings is 1. The molecule has 0 aliphatic carbocycles. The second kappa shape index (κ2) is 4.87. The number of anilines is 1. The maximum Gasteiger partial charge on any atom is 0.356 e. The van der Waals surface area contributed by atoms with E-state index in [2.05, 4.69) is 15.3 Å². The van der Waals surface area contributed by atoms with E-state index in [1.807, 2.05) is 13.8 Å². The summed E-state index contributed by atoms with van der Waals surface area (Å²) in [5.74, 6) is 0.208. The van der Waals surface area contributed by atoms with Gasteiger partial charge in [0.2, 0.25) is 5.89 Å². The monoisotopic (exact) mass is 247 g/mol. The summed E-state index contributed by atoms with van der Waals surface area (Å²) in [6.45, 7) is 4.01. The Morgan fingerprint density at radius 2 is 2.28 bits per heavy atom. The zero-order valence-electron chi connectivity index (χ0n) is 10.1. The highest BCUT2D eigenvalue weighted by atomic mass is 16.4. The number of hydrogen-bond donors (Lipinski definition) is 2. The molecular weight excluding hydrogens is 234 g/mol. The Hall–Kier alpha value is -2.37. The van der Waals surface area contributed by atoms with Crippen LogP contribution in [0.3, 0.4) is 0 Å². The van der Waals surface area contributed by atoms with Gasteiger partial charge in [-0.25, -0.2) is 14.8 Å². The van der Waals surface area contributed by atoms with Crippen LogP contribution in [0, 0.1) is 13.8 Å². The van der Waals surface area contributed by atoms with Crippen molar-refractivity contribution in [1.29, 1.82) is 0 Å². The molecule has 0 aromatic carbocycles. The van der Waals surface area contributed by atoms with Gasteiger partial charge in [-0.3, -0.25) is 0 Å². The Morgan fingerprint density at radius 1 is 1.50 bits per heavy atom. The molecule has 0 atom stereocenters. The van der Waals surface area contributed by atoms with Crippen LogP contribution in [0.1, 0.15) is 27.8 Å². The second-order valence-electron chi connectivity index (χ2n) is 3.81. The molecule has 94 valence electrons. The van der Waals surface area contributed by atoms with Crippen LogP contribution in [-0.4, -0.2) is 21.0 Å². The van der Waals surface area contributed by atoms with Crippen LogP contribution in [0.5, 0.6) is 0 Å². The molecule has 2 rings (SSSR count). The molecule has 0 saturated carbocycles. The van der Waals surface area contributed by atoms with Gasteiger partial charge >= 0.3 is 5.97 Å². The van der Waals surface area contributed by atoms with E-state index in [9.17, 15) is 4.79 Å². The summed E-state index contributed by atoms with van der Waals surface area (Å²) in [6, 6.07) is 3.32. The molecule has 2 heterocycles. The number of carboxylic acids is 1. The first-order valence-electron chi connectivity index (χ1n) is 5.43. The van der Waals surface area contributed by atoms with Crippen molar-refractivity contribution < 1.29 is 14.3 Å². The highest BCUT2D eigenvalue weighted by molar-refractivity contribution is 5.91. The molecule has 0 radical (unpaired) electrons. The predicted molar refractivity (Wildman–Crippen MR) is 64.5 cm³/mol. The Kier molecular flexibility index (Phi) is 3.27. The molecule has 2 aromatic rings. The number of rotatable bonds is 4. The van der Waals surface area contributed by atoms with Crippen molar-refractivity contribution >= 4 is 11.7 Å². The number of hydrogen-bond acceptors (Lipinski definition) is 5. The summed E-state index contributed by atoms with van der Waals surface area (Å²) < 4.78 is 5.39. The average Bonchev–Trinajstić information content (AvgIpc) is 2.66. The molecule has 2 N–H and O–H groups in total. The number of aryl methyl sites for hydroxylation is 2. The van der Waals surface area contributed by atoms with Gasteiger partial charge in [0, 0.05) is 6.20 Å². The molecule has 0 amide bonds. The summed E-state index contributed by atoms with van der Waals surface area (Å²) >= 11 is 0. The van der Waals surface area contributed by atoms with Gasteiger partial charge in [0.1, 0.15) is 5.76 Å². The fourth-order valence-corrected chi connectivity index (χ4v) is 1.50. The number of aromatic nitrogens is 2. The molecule has 0 saturated heterocycles. The van der Waals surface area contributed by atoms with Crippen LogP contribution in [0.15, 0.2) is 22.7 Å². The summed E-state index contributed by atoms with van der Waals surface area (Å²) in [7, 11) is 0. The Labute approximate surface area is 104 Å². The number of nitrogens with zero attached hydrogens (tertiary/aromatic N) is 2. The summed E-state index contributed by atoms with van der Waals surface area (Å²) in [4.78, 5) is 19.0. The number of nitrogens with one attached hydrogen (secondary N) is 1. The van der Waals surface area contributed by atoms with Gasteiger partial charge in [-0.05, 0) is 26.0 Å². The van der Waals surface area contributed by atoms with Gasteiger partial charge in [0.25, 0.3) is 0 Å². The van der Waals surface area contributed by atoms with Crippen molar-refractivity contribution in [3.8, 4) is 0 Å². The van der Waals surface area contributed by atoms with Gasteiger partial charge in [-0.15, -0.1) is 0 Å². The molecule has 0 fully saturated rings. The van der Waals surface area contributed by atoms with Crippen LogP contribution in [0.2, 0.25) is 0 Å². The van der Waals surface area contributed by atoms with Crippen molar-refractivity contribution in [3.05, 3.63) is 41.4 Å². The zero-order valence-corrected chi connectivity index (χ0v) is 10.1. The standard InChI is InChI=1S/C12H13N3O3/c1-7-8(2)18-10(15-7)6-14-9-4-3-5-13-11(9)12(16)17/h3-5,14H,6H2,1-2H3,(H,16,17). The number of carboxylic acid groups (broad SMARTS) is 1. The van der Waals surface area contributed by atoms with E-state index in [1.54, 1.807) is 12.1 Å². The van der Waals surface area contributed by atoms with E-state index in [-0.39, 0.29) is 5.69 Å². The third-order valence-electron chi connectivity index (χ3n) is 2.51. The van der Waals surface area contributed by atoms with Crippen molar-refractivity contribution in [2.45, 2.75) is 20.4 Å². The van der Waals surface area contributed by atoms with Crippen LogP contribution >= 0.6 is 0 Å². The third kappa shape index (κ3) is 2.48. The van der Waals surface area contributed by atoms with E-state index in [0.717, 1.165) is 11.5 Å². The Bertz CT molecular complexity index is 558. The largest absolute Gasteiger partial charge is 0.476 e. The van der Waals surface area contributed by atoms with Gasteiger partial charge in [0.05, 0.1) is 17.9 Å². The Morgan fingerprint density at radius 3 is 2.89 bits per heavy atom. The lowest BCUT2D eigenvalue weighted by Gasteiger charge is -2.05. The number of aromatic carboxylic acids is 1. The van der Waals surface area contributed by atoms with Gasteiger partial charge in [-0.2, -0.15) is 0 Å². The van der Waals surface area contributed by atoms with Crippen LogP contribution in [-0.2, 0) is 6.54 Å². The SMILES string of the molecule is Cc1nc(CNc2cccnc2C(=O)O)oc1C. The van der Waals surface area contributed by atoms with E-state index >= 15 is 0 Å². The fraction of sp³-hybridized carbons (Fsp3) is 0.250. The van der Waals surface area contributed by atoms with Crippen molar-refractivity contribution in [2.75, 3.05) is 5.32 Å². The maximum absolute atomic E-state index is 10.9. The van der Waals surface area contributed by atoms with E-state index in [4.69, 9.17) is 9.52 Å². The molecule has 0 unspecified atom stereocenters. The highest BCUT2D eigenvalue weighted by Crippen LogP contribution is 2.14. The topological polar surface area (TPSA) is 88.2 Å². The zero-order chi connectivity index (χ0) is 13.1. The van der Waals surface area contributed by atoms with Crippen molar-refractivity contribution in [1.82, 2.24) is 9.97 Å². The summed E-state index contributed by atoms with van der Waals surface area (Å²) in [5.41, 5.74) is 1.26. The van der Waals surface area contributed by atoms with Crippen LogP contribution in [0.25, 0.3) is 0 Å². The lowest BCUT2D eigenvalue weighted by molar-refractivity contribution is 0.0691. The first-order chi connectivity index (χ1) is 8.58. The Balaban J connectivity index is 2.13. The quantitative estimate of drug-likeness (QED) is 0.859. The minimum atomic E-state index is -1.07. The molecular formula is C12H13N3O3. The van der Waals surface area contributed by atoms with Gasteiger partial charge in [0.15, 0.2) is 5.69 Å². The normalized spacial score (nSPS) is 10.3. The summed E-state index contributed by atoms with van der Waals surface area (Å²) in [6.07, 6.45) is 1.44. The van der Waals surface area contributed by atoms with E-state index in [0.29, 0.717) is 18.1 Å². The first-order valence-corrected chi connectivity index (χ1v) is 5.43. The smallest absolute Gasteiger partial charge is 0.356 e. The molecule has 0 spiro atoms. The molecule has 0 aliphatic heterocycles. The first kappa shape index (κ1) is 12.1. The van der Waals surface area contributed by atoms with E-state index < -0.39 is 5.97 Å². The van der Waals surface area contributed by atoms with Crippen molar-refractivity contribution in [3.63, 3.8) is 0 Å². The molecule has 2 aromatic heterocycles. The number of carbonyl (C=O) groups is 1. The van der Waals surface area contributed by atoms with Gasteiger partial charge < -0.3 is 14.8 Å². The third-order valence-corrected chi connectivity index (χ3v) is 2.51. The van der Waals surface area contributed by atoms with E-state index in [1.165, 1.54) is 6.20 Å². The fourth-order valence-electron chi connectivity index (χ4n) is 1.50. The molecule has 6 heteroatoms. The second-order valence-corrected chi connectivity index (χ2v) is 3.81. The molecule has 18 heavy (non-hydrogen) atoms. The predicted octanol–water partition coefficient (Wildman–Crippen LogP) is 2.00. The van der Waals surface area contributed by atoms with Crippen LogP contribution < -0.4 is 5.32 Å².